The molecule has 0 bridgehead atoms. The Morgan fingerprint density at radius 2 is 2.04 bits per heavy atom. The number of hydrogen-bond acceptors (Lipinski definition) is 7. The Morgan fingerprint density at radius 1 is 1.21 bits per heavy atom. The second-order valence-electron chi connectivity index (χ2n) is 5.97. The lowest BCUT2D eigenvalue weighted by Crippen LogP contribution is -2.12. The number of amides is 1. The molecule has 0 atom stereocenters. The Morgan fingerprint density at radius 3 is 2.86 bits per heavy atom. The summed E-state index contributed by atoms with van der Waals surface area (Å²) in [6.07, 6.45) is 1.56. The molecule has 0 aliphatic carbocycles. The Hall–Kier alpha value is -2.73. The number of thiophene rings is 2. The number of aromatic nitrogens is 2. The second-order valence-corrected chi connectivity index (χ2v) is 9.12. The lowest BCUT2D eigenvalue weighted by atomic mass is 10.2. The molecule has 4 aromatic rings. The maximum Gasteiger partial charge on any atom is 0.257 e. The molecule has 0 radical (unpaired) electrons. The molecule has 0 aliphatic heterocycles. The lowest BCUT2D eigenvalue weighted by Gasteiger charge is -2.09. The van der Waals surface area contributed by atoms with Gasteiger partial charge in [0.25, 0.3) is 5.91 Å². The van der Waals surface area contributed by atoms with E-state index in [1.807, 2.05) is 18.2 Å². The van der Waals surface area contributed by atoms with Crippen molar-refractivity contribution in [1.29, 1.82) is 5.26 Å². The molecular formula is C20H14N4OS3. The number of aryl methyl sites for hydroxylation is 2. The molecule has 0 saturated carbocycles. The van der Waals surface area contributed by atoms with Gasteiger partial charge in [-0.1, -0.05) is 23.9 Å². The zero-order valence-electron chi connectivity index (χ0n) is 15.0. The molecule has 0 aliphatic rings. The van der Waals surface area contributed by atoms with E-state index in [4.69, 9.17) is 5.26 Å². The van der Waals surface area contributed by atoms with E-state index in [1.165, 1.54) is 33.5 Å². The summed E-state index contributed by atoms with van der Waals surface area (Å²) in [6, 6.07) is 11.2. The minimum atomic E-state index is -0.245. The van der Waals surface area contributed by atoms with Crippen molar-refractivity contribution in [2.75, 3.05) is 5.32 Å². The van der Waals surface area contributed by atoms with Crippen molar-refractivity contribution in [2.24, 2.45) is 0 Å². The van der Waals surface area contributed by atoms with E-state index >= 15 is 0 Å². The van der Waals surface area contributed by atoms with Crippen LogP contribution in [0.1, 0.15) is 26.4 Å². The van der Waals surface area contributed by atoms with Crippen molar-refractivity contribution in [1.82, 2.24) is 9.97 Å². The number of rotatable bonds is 4. The molecule has 4 rings (SSSR count). The van der Waals surface area contributed by atoms with Gasteiger partial charge in [-0.25, -0.2) is 9.97 Å². The number of carbonyl (C=O) groups excluding carboxylic acids is 1. The average molecular weight is 423 g/mol. The molecule has 1 N–H and O–H groups in total. The van der Waals surface area contributed by atoms with E-state index in [9.17, 15) is 4.79 Å². The molecule has 28 heavy (non-hydrogen) atoms. The maximum absolute atomic E-state index is 12.9. The molecule has 0 fully saturated rings. The predicted molar refractivity (Wildman–Crippen MR) is 114 cm³/mol. The Labute approximate surface area is 174 Å². The summed E-state index contributed by atoms with van der Waals surface area (Å²) in [7, 11) is 0. The van der Waals surface area contributed by atoms with E-state index in [1.54, 1.807) is 35.2 Å². The number of carbonyl (C=O) groups is 1. The maximum atomic E-state index is 12.9. The fourth-order valence-corrected chi connectivity index (χ4v) is 5.61. The zero-order chi connectivity index (χ0) is 19.7. The molecule has 1 amide bonds. The number of nitrogens with zero attached hydrogens (tertiary/aromatic N) is 3. The molecule has 3 heterocycles. The highest BCUT2D eigenvalue weighted by molar-refractivity contribution is 7.99. The molecule has 5 nitrogen and oxygen atoms in total. The van der Waals surface area contributed by atoms with Gasteiger partial charge in [-0.2, -0.15) is 5.26 Å². The van der Waals surface area contributed by atoms with Crippen molar-refractivity contribution in [2.45, 2.75) is 23.8 Å². The monoisotopic (exact) mass is 422 g/mol. The summed E-state index contributed by atoms with van der Waals surface area (Å²) in [5.74, 6) is -0.245. The number of anilines is 1. The van der Waals surface area contributed by atoms with E-state index in [-0.39, 0.29) is 5.91 Å². The highest BCUT2D eigenvalue weighted by atomic mass is 32.2. The topological polar surface area (TPSA) is 78.7 Å². The van der Waals surface area contributed by atoms with Gasteiger partial charge in [0.05, 0.1) is 11.1 Å². The van der Waals surface area contributed by atoms with E-state index in [0.29, 0.717) is 16.1 Å². The number of hydrogen-bond donors (Lipinski definition) is 1. The summed E-state index contributed by atoms with van der Waals surface area (Å²) in [4.78, 5) is 24.7. The predicted octanol–water partition coefficient (Wildman–Crippen LogP) is 5.64. The standard InChI is InChI=1S/C20H14N4OS3/c1-11-12(2)27-19-16(11)20(23-10-22-19)28-15-6-4-3-5-14(15)17(25)24-18-13(9-21)7-8-26-18/h3-8,10H,1-2H3,(H,24,25). The second kappa shape index (κ2) is 7.72. The molecule has 0 spiro atoms. The van der Waals surface area contributed by atoms with Crippen molar-refractivity contribution in [3.8, 4) is 6.07 Å². The summed E-state index contributed by atoms with van der Waals surface area (Å²) >= 11 is 4.44. The van der Waals surface area contributed by atoms with Crippen molar-refractivity contribution in [3.05, 3.63) is 63.6 Å². The van der Waals surface area contributed by atoms with Crippen LogP contribution in [0.25, 0.3) is 10.2 Å². The van der Waals surface area contributed by atoms with Crippen LogP contribution in [0, 0.1) is 25.2 Å². The number of benzene rings is 1. The Bertz CT molecular complexity index is 1240. The Balaban J connectivity index is 1.70. The van der Waals surface area contributed by atoms with Crippen LogP contribution in [-0.2, 0) is 0 Å². The third-order valence-corrected chi connectivity index (χ3v) is 7.31. The molecule has 0 unspecified atom stereocenters. The van der Waals surface area contributed by atoms with Crippen LogP contribution in [0.15, 0.2) is 52.0 Å². The van der Waals surface area contributed by atoms with E-state index in [2.05, 4.69) is 35.2 Å². The van der Waals surface area contributed by atoms with Crippen molar-refractivity contribution < 1.29 is 4.79 Å². The number of nitriles is 1. The first kappa shape index (κ1) is 18.6. The largest absolute Gasteiger partial charge is 0.312 e. The summed E-state index contributed by atoms with van der Waals surface area (Å²) < 4.78 is 0. The molecular weight excluding hydrogens is 408 g/mol. The van der Waals surface area contributed by atoms with Crippen LogP contribution >= 0.6 is 34.4 Å². The first-order valence-electron chi connectivity index (χ1n) is 8.35. The lowest BCUT2D eigenvalue weighted by molar-refractivity contribution is 0.102. The highest BCUT2D eigenvalue weighted by Crippen LogP contribution is 2.38. The minimum absolute atomic E-state index is 0.245. The van der Waals surface area contributed by atoms with Crippen molar-refractivity contribution in [3.63, 3.8) is 0 Å². The summed E-state index contributed by atoms with van der Waals surface area (Å²) in [5.41, 5.74) is 2.17. The fourth-order valence-electron chi connectivity index (χ4n) is 2.74. The van der Waals surface area contributed by atoms with E-state index < -0.39 is 0 Å². The van der Waals surface area contributed by atoms with Crippen LogP contribution in [0.3, 0.4) is 0 Å². The molecule has 8 heteroatoms. The highest BCUT2D eigenvalue weighted by Gasteiger charge is 2.18. The van der Waals surface area contributed by atoms with E-state index in [0.717, 1.165) is 20.1 Å². The van der Waals surface area contributed by atoms with Gasteiger partial charge >= 0.3 is 0 Å². The van der Waals surface area contributed by atoms with Gasteiger partial charge in [-0.3, -0.25) is 4.79 Å². The van der Waals surface area contributed by atoms with Crippen LogP contribution in [0.5, 0.6) is 0 Å². The normalized spacial score (nSPS) is 10.8. The number of fused-ring (bicyclic) bond motifs is 1. The van der Waals surface area contributed by atoms with Gasteiger partial charge in [-0.05, 0) is 43.0 Å². The number of nitrogens with one attached hydrogen (secondary N) is 1. The van der Waals surface area contributed by atoms with Crippen LogP contribution < -0.4 is 5.32 Å². The molecule has 138 valence electrons. The Kier molecular flexibility index (Phi) is 5.13. The van der Waals surface area contributed by atoms with Gasteiger partial charge < -0.3 is 5.32 Å². The zero-order valence-corrected chi connectivity index (χ0v) is 17.5. The van der Waals surface area contributed by atoms with Gasteiger partial charge in [-0.15, -0.1) is 22.7 Å². The minimum Gasteiger partial charge on any atom is -0.312 e. The fraction of sp³-hybridized carbons (Fsp3) is 0.100. The third-order valence-electron chi connectivity index (χ3n) is 4.28. The summed E-state index contributed by atoms with van der Waals surface area (Å²) in [6.45, 7) is 4.14. The van der Waals surface area contributed by atoms with Crippen molar-refractivity contribution >= 4 is 55.6 Å². The third kappa shape index (κ3) is 3.40. The quantitative estimate of drug-likeness (QED) is 0.430. The van der Waals surface area contributed by atoms with Gasteiger partial charge in [0.1, 0.15) is 27.3 Å². The molecule has 3 aromatic heterocycles. The SMILES string of the molecule is Cc1sc2ncnc(Sc3ccccc3C(=O)Nc3sccc3C#N)c2c1C. The van der Waals surface area contributed by atoms with Crippen LogP contribution in [0.4, 0.5) is 5.00 Å². The molecule has 1 aromatic carbocycles. The molecule has 0 saturated heterocycles. The van der Waals surface area contributed by atoms with Crippen LogP contribution in [-0.4, -0.2) is 15.9 Å². The first-order valence-corrected chi connectivity index (χ1v) is 10.9. The smallest absolute Gasteiger partial charge is 0.257 e. The van der Waals surface area contributed by atoms with Gasteiger partial charge in [0.2, 0.25) is 0 Å². The summed E-state index contributed by atoms with van der Waals surface area (Å²) in [5, 5.41) is 16.2. The van der Waals surface area contributed by atoms with Gasteiger partial charge in [0.15, 0.2) is 0 Å². The van der Waals surface area contributed by atoms with Crippen LogP contribution in [0.2, 0.25) is 0 Å². The van der Waals surface area contributed by atoms with Gasteiger partial charge in [0, 0.05) is 15.2 Å². The average Bonchev–Trinajstić information content (AvgIpc) is 3.26. The first-order chi connectivity index (χ1) is 13.6.